The smallest absolute Gasteiger partial charge is 0.311 e. The van der Waals surface area contributed by atoms with Crippen molar-refractivity contribution in [2.45, 2.75) is 6.10 Å². The van der Waals surface area contributed by atoms with Gasteiger partial charge in [-0.05, 0) is 11.6 Å². The Morgan fingerprint density at radius 3 is 2.60 bits per heavy atom. The lowest BCUT2D eigenvalue weighted by molar-refractivity contribution is -0.385. The number of halogens is 1. The summed E-state index contributed by atoms with van der Waals surface area (Å²) in [7, 11) is 0. The zero-order chi connectivity index (χ0) is 14.5. The van der Waals surface area contributed by atoms with Crippen LogP contribution in [0.3, 0.4) is 0 Å². The lowest BCUT2D eigenvalue weighted by Crippen LogP contribution is -2.10. The molecule has 0 saturated carbocycles. The number of ether oxygens (including phenoxy) is 1. The average Bonchev–Trinajstić information content (AvgIpc) is 2.45. The van der Waals surface area contributed by atoms with E-state index in [-0.39, 0.29) is 18.0 Å². The van der Waals surface area contributed by atoms with Crippen LogP contribution in [0.1, 0.15) is 11.7 Å². The van der Waals surface area contributed by atoms with Crippen molar-refractivity contribution in [1.29, 1.82) is 0 Å². The second-order valence-electron chi connectivity index (χ2n) is 4.11. The second kappa shape index (κ2) is 6.36. The highest BCUT2D eigenvalue weighted by Crippen LogP contribution is 2.30. The summed E-state index contributed by atoms with van der Waals surface area (Å²) >= 11 is 5.79. The van der Waals surface area contributed by atoms with E-state index in [1.807, 2.05) is 6.07 Å². The largest absolute Gasteiger partial charge is 0.484 e. The molecule has 6 heteroatoms. The molecule has 1 atom stereocenters. The van der Waals surface area contributed by atoms with Gasteiger partial charge in [0.2, 0.25) is 0 Å². The van der Waals surface area contributed by atoms with Crippen LogP contribution >= 0.6 is 11.6 Å². The predicted octanol–water partition coefficient (Wildman–Crippen LogP) is 3.36. The minimum absolute atomic E-state index is 0.0393. The molecule has 0 saturated heterocycles. The van der Waals surface area contributed by atoms with Gasteiger partial charge in [0.25, 0.3) is 0 Å². The van der Waals surface area contributed by atoms with Crippen LogP contribution in [-0.2, 0) is 0 Å². The van der Waals surface area contributed by atoms with E-state index in [1.54, 1.807) is 24.3 Å². The minimum atomic E-state index is -0.866. The molecular weight excluding hydrogens is 282 g/mol. The molecule has 2 aromatic rings. The van der Waals surface area contributed by atoms with Gasteiger partial charge in [0.05, 0.1) is 4.92 Å². The average molecular weight is 294 g/mol. The maximum Gasteiger partial charge on any atom is 0.311 e. The number of nitrogens with zero attached hydrogens (tertiary/aromatic N) is 1. The number of nitro groups is 1. The highest BCUT2D eigenvalue weighted by atomic mass is 35.5. The van der Waals surface area contributed by atoms with Gasteiger partial charge in [-0.25, -0.2) is 0 Å². The van der Waals surface area contributed by atoms with E-state index in [4.69, 9.17) is 16.3 Å². The molecule has 2 aromatic carbocycles. The third-order valence-electron chi connectivity index (χ3n) is 2.70. The first-order chi connectivity index (χ1) is 9.58. The Bertz CT molecular complexity index is 603. The molecule has 20 heavy (non-hydrogen) atoms. The molecule has 0 spiro atoms. The highest BCUT2D eigenvalue weighted by Gasteiger charge is 2.17. The van der Waals surface area contributed by atoms with Crippen LogP contribution in [0.25, 0.3) is 0 Å². The Balaban J connectivity index is 2.11. The Kier molecular flexibility index (Phi) is 4.55. The van der Waals surface area contributed by atoms with E-state index >= 15 is 0 Å². The van der Waals surface area contributed by atoms with Crippen LogP contribution < -0.4 is 4.74 Å². The van der Waals surface area contributed by atoms with Crippen molar-refractivity contribution >= 4 is 17.3 Å². The van der Waals surface area contributed by atoms with Gasteiger partial charge in [-0.3, -0.25) is 10.1 Å². The number of benzene rings is 2. The molecule has 104 valence electrons. The molecule has 2 rings (SSSR count). The third kappa shape index (κ3) is 3.46. The van der Waals surface area contributed by atoms with Crippen LogP contribution in [0.2, 0.25) is 5.02 Å². The van der Waals surface area contributed by atoms with E-state index < -0.39 is 11.0 Å². The van der Waals surface area contributed by atoms with Gasteiger partial charge in [-0.15, -0.1) is 0 Å². The normalized spacial score (nSPS) is 11.9. The van der Waals surface area contributed by atoms with Crippen LogP contribution in [0, 0.1) is 10.1 Å². The lowest BCUT2D eigenvalue weighted by atomic mass is 10.1. The first-order valence-corrected chi connectivity index (χ1v) is 6.25. The maximum atomic E-state index is 10.9. The molecule has 1 N–H and O–H groups in total. The van der Waals surface area contributed by atoms with Gasteiger partial charge < -0.3 is 9.84 Å². The molecule has 5 nitrogen and oxygen atoms in total. The summed E-state index contributed by atoms with van der Waals surface area (Å²) in [4.78, 5) is 10.3. The van der Waals surface area contributed by atoms with Crippen LogP contribution in [0.15, 0.2) is 48.5 Å². The van der Waals surface area contributed by atoms with Crippen molar-refractivity contribution in [2.75, 3.05) is 6.61 Å². The van der Waals surface area contributed by atoms with Crippen molar-refractivity contribution in [1.82, 2.24) is 0 Å². The first-order valence-electron chi connectivity index (χ1n) is 5.87. The summed E-state index contributed by atoms with van der Waals surface area (Å²) in [5, 5.41) is 21.2. The van der Waals surface area contributed by atoms with Crippen LogP contribution in [-0.4, -0.2) is 16.6 Å². The van der Waals surface area contributed by atoms with E-state index in [0.29, 0.717) is 10.6 Å². The van der Waals surface area contributed by atoms with Crippen molar-refractivity contribution in [2.24, 2.45) is 0 Å². The lowest BCUT2D eigenvalue weighted by Gasteiger charge is -2.12. The SMILES string of the molecule is O=[N+]([O-])c1ccc(Cl)cc1OCC(O)c1ccccc1. The van der Waals surface area contributed by atoms with Gasteiger partial charge in [0, 0.05) is 17.2 Å². The molecule has 0 aromatic heterocycles. The third-order valence-corrected chi connectivity index (χ3v) is 2.93. The fourth-order valence-corrected chi connectivity index (χ4v) is 1.86. The van der Waals surface area contributed by atoms with Crippen LogP contribution in [0.5, 0.6) is 5.75 Å². The number of hydrogen-bond acceptors (Lipinski definition) is 4. The molecule has 0 heterocycles. The van der Waals surface area contributed by atoms with Crippen molar-refractivity contribution in [3.8, 4) is 5.75 Å². The fourth-order valence-electron chi connectivity index (χ4n) is 1.69. The van der Waals surface area contributed by atoms with E-state index in [1.165, 1.54) is 18.2 Å². The zero-order valence-corrected chi connectivity index (χ0v) is 11.2. The van der Waals surface area contributed by atoms with E-state index in [0.717, 1.165) is 0 Å². The highest BCUT2D eigenvalue weighted by molar-refractivity contribution is 6.30. The van der Waals surface area contributed by atoms with Crippen molar-refractivity contribution in [3.05, 3.63) is 69.2 Å². The number of aliphatic hydroxyl groups excluding tert-OH is 1. The summed E-state index contributed by atoms with van der Waals surface area (Å²) in [6.07, 6.45) is -0.866. The molecular formula is C14H12ClNO4. The molecule has 1 unspecified atom stereocenters. The molecule has 0 radical (unpaired) electrons. The Hall–Kier alpha value is -2.11. The Morgan fingerprint density at radius 1 is 1.25 bits per heavy atom. The standard InChI is InChI=1S/C14H12ClNO4/c15-11-6-7-12(16(18)19)14(8-11)20-9-13(17)10-4-2-1-3-5-10/h1-8,13,17H,9H2. The Morgan fingerprint density at radius 2 is 1.95 bits per heavy atom. The maximum absolute atomic E-state index is 10.9. The predicted molar refractivity (Wildman–Crippen MR) is 75.0 cm³/mol. The molecule has 0 bridgehead atoms. The molecule has 0 amide bonds. The topological polar surface area (TPSA) is 72.6 Å². The number of rotatable bonds is 5. The van der Waals surface area contributed by atoms with Gasteiger partial charge in [0.15, 0.2) is 5.75 Å². The van der Waals surface area contributed by atoms with Gasteiger partial charge in [-0.2, -0.15) is 0 Å². The van der Waals surface area contributed by atoms with Gasteiger partial charge >= 0.3 is 5.69 Å². The second-order valence-corrected chi connectivity index (χ2v) is 4.54. The molecule has 0 aliphatic heterocycles. The summed E-state index contributed by atoms with van der Waals surface area (Å²) in [6, 6.07) is 13.0. The fraction of sp³-hybridized carbons (Fsp3) is 0.143. The number of nitro benzene ring substituents is 1. The summed E-state index contributed by atoms with van der Waals surface area (Å²) in [5.41, 5.74) is 0.492. The van der Waals surface area contributed by atoms with Gasteiger partial charge in [0.1, 0.15) is 12.7 Å². The quantitative estimate of drug-likeness (QED) is 0.677. The van der Waals surface area contributed by atoms with Crippen molar-refractivity contribution < 1.29 is 14.8 Å². The molecule has 0 aliphatic rings. The molecule has 0 fully saturated rings. The zero-order valence-electron chi connectivity index (χ0n) is 10.4. The summed E-state index contributed by atoms with van der Waals surface area (Å²) in [5.74, 6) is 0.0393. The number of aliphatic hydroxyl groups is 1. The molecule has 0 aliphatic carbocycles. The summed E-state index contributed by atoms with van der Waals surface area (Å²) in [6.45, 7) is -0.0921. The van der Waals surface area contributed by atoms with Crippen LogP contribution in [0.4, 0.5) is 5.69 Å². The van der Waals surface area contributed by atoms with E-state index in [2.05, 4.69) is 0 Å². The van der Waals surface area contributed by atoms with Gasteiger partial charge in [-0.1, -0.05) is 41.9 Å². The summed E-state index contributed by atoms with van der Waals surface area (Å²) < 4.78 is 5.32. The van der Waals surface area contributed by atoms with Crippen molar-refractivity contribution in [3.63, 3.8) is 0 Å². The Labute approximate surface area is 120 Å². The van der Waals surface area contributed by atoms with E-state index in [9.17, 15) is 15.2 Å². The minimum Gasteiger partial charge on any atom is -0.484 e. The number of hydrogen-bond donors (Lipinski definition) is 1. The monoisotopic (exact) mass is 293 g/mol. The first kappa shape index (κ1) is 14.3.